The highest BCUT2D eigenvalue weighted by molar-refractivity contribution is 5.82. The Bertz CT molecular complexity index is 1070. The smallest absolute Gasteiger partial charge is 0.303 e. The van der Waals surface area contributed by atoms with Gasteiger partial charge >= 0.3 is 11.9 Å². The van der Waals surface area contributed by atoms with Gasteiger partial charge in [0.2, 0.25) is 5.91 Å². The molecule has 1 amide bonds. The normalized spacial score (nSPS) is 36.3. The summed E-state index contributed by atoms with van der Waals surface area (Å²) in [4.78, 5) is 37.4. The van der Waals surface area contributed by atoms with Crippen LogP contribution in [0.1, 0.15) is 60.3 Å². The second-order valence-electron chi connectivity index (χ2n) is 11.0. The molecule has 9 atom stereocenters. The topological polar surface area (TPSA) is 94.2 Å². The summed E-state index contributed by atoms with van der Waals surface area (Å²) < 4.78 is 17.4. The number of ether oxygens (including phenoxy) is 3. The molecule has 0 aromatic rings. The van der Waals surface area contributed by atoms with Crippen LogP contribution in [0.4, 0.5) is 0 Å². The highest BCUT2D eigenvalue weighted by Crippen LogP contribution is 2.45. The molecule has 0 radical (unpaired) electrons. The summed E-state index contributed by atoms with van der Waals surface area (Å²) in [5, 5.41) is 3.29. The summed E-state index contributed by atoms with van der Waals surface area (Å²) in [7, 11) is 0. The van der Waals surface area contributed by atoms with Gasteiger partial charge in [0.1, 0.15) is 6.10 Å². The van der Waals surface area contributed by atoms with E-state index >= 15 is 0 Å². The summed E-state index contributed by atoms with van der Waals surface area (Å²) >= 11 is 0. The van der Waals surface area contributed by atoms with Crippen molar-refractivity contribution in [1.29, 1.82) is 0 Å². The molecule has 2 fully saturated rings. The summed E-state index contributed by atoms with van der Waals surface area (Å²) in [5.41, 5.74) is 2.05. The molecule has 38 heavy (non-hydrogen) atoms. The lowest BCUT2D eigenvalue weighted by molar-refractivity contribution is -0.166. The maximum Gasteiger partial charge on any atom is 0.303 e. The molecule has 7 heteroatoms. The number of hydrogen-bond acceptors (Lipinski definition) is 6. The van der Waals surface area contributed by atoms with Crippen molar-refractivity contribution in [3.05, 3.63) is 59.8 Å². The standard InChI is InChI=1S/C31H41NO6/c1-6-7-8-9-12-23-17-26-30(38-26)28-19(3)16-22-14-15-25(36-20(4)33)29(37-21(5)34)27(22)18(2)11-10-13-24(28)31(35)32-23/h8-11,13-16,22-30H,6-7,12,17H2,1-5H3,(H,32,35). The predicted molar refractivity (Wildman–Crippen MR) is 145 cm³/mol. The van der Waals surface area contributed by atoms with Crippen LogP contribution in [-0.4, -0.2) is 48.3 Å². The zero-order chi connectivity index (χ0) is 27.4. The molecular formula is C31H41NO6. The van der Waals surface area contributed by atoms with Crippen LogP contribution >= 0.6 is 0 Å². The Balaban J connectivity index is 1.66. The molecule has 206 valence electrons. The Kier molecular flexibility index (Phi) is 9.08. The minimum Gasteiger partial charge on any atom is -0.458 e. The first kappa shape index (κ1) is 28.1. The van der Waals surface area contributed by atoms with E-state index in [1.54, 1.807) is 0 Å². The molecule has 7 nitrogen and oxygen atoms in total. The molecule has 0 aromatic heterocycles. The van der Waals surface area contributed by atoms with E-state index in [1.807, 2.05) is 37.3 Å². The first-order chi connectivity index (χ1) is 18.2. The number of nitrogens with one attached hydrogen (secondary N) is 1. The van der Waals surface area contributed by atoms with Crippen LogP contribution in [0.15, 0.2) is 59.8 Å². The number of unbranched alkanes of at least 4 members (excludes halogenated alkanes) is 1. The van der Waals surface area contributed by atoms with Gasteiger partial charge in [-0.2, -0.15) is 0 Å². The van der Waals surface area contributed by atoms with Gasteiger partial charge in [0.05, 0.1) is 18.1 Å². The van der Waals surface area contributed by atoms with E-state index in [4.69, 9.17) is 14.2 Å². The lowest BCUT2D eigenvalue weighted by Gasteiger charge is -2.39. The number of rotatable bonds is 6. The van der Waals surface area contributed by atoms with Crippen molar-refractivity contribution in [1.82, 2.24) is 5.32 Å². The van der Waals surface area contributed by atoms with Gasteiger partial charge in [0.25, 0.3) is 0 Å². The predicted octanol–water partition coefficient (Wildman–Crippen LogP) is 4.75. The fourth-order valence-corrected chi connectivity index (χ4v) is 6.21. The number of amides is 1. The molecule has 0 spiro atoms. The van der Waals surface area contributed by atoms with Crippen molar-refractivity contribution in [2.24, 2.45) is 23.7 Å². The van der Waals surface area contributed by atoms with Gasteiger partial charge in [-0.05, 0) is 39.2 Å². The Morgan fingerprint density at radius 2 is 1.82 bits per heavy atom. The van der Waals surface area contributed by atoms with Crippen molar-refractivity contribution >= 4 is 17.8 Å². The molecule has 2 aliphatic carbocycles. The lowest BCUT2D eigenvalue weighted by Crippen LogP contribution is -2.46. The van der Waals surface area contributed by atoms with Crippen LogP contribution in [0.2, 0.25) is 0 Å². The highest BCUT2D eigenvalue weighted by Gasteiger charge is 2.52. The van der Waals surface area contributed by atoms with Gasteiger partial charge in [0, 0.05) is 37.6 Å². The van der Waals surface area contributed by atoms with E-state index < -0.39 is 24.1 Å². The zero-order valence-corrected chi connectivity index (χ0v) is 23.1. The molecule has 9 unspecified atom stereocenters. The van der Waals surface area contributed by atoms with Crippen molar-refractivity contribution in [2.75, 3.05) is 0 Å². The van der Waals surface area contributed by atoms with Crippen LogP contribution in [0, 0.1) is 23.7 Å². The number of carbonyl (C=O) groups excluding carboxylic acids is 3. The lowest BCUT2D eigenvalue weighted by atomic mass is 9.72. The number of epoxide rings is 1. The minimum atomic E-state index is -0.666. The fraction of sp³-hybridized carbons (Fsp3) is 0.581. The highest BCUT2D eigenvalue weighted by atomic mass is 16.6. The summed E-state index contributed by atoms with van der Waals surface area (Å²) in [6.07, 6.45) is 18.8. The van der Waals surface area contributed by atoms with Gasteiger partial charge < -0.3 is 19.5 Å². The first-order valence-corrected chi connectivity index (χ1v) is 13.9. The quantitative estimate of drug-likeness (QED) is 0.307. The molecule has 2 saturated heterocycles. The molecule has 0 saturated carbocycles. The van der Waals surface area contributed by atoms with Gasteiger partial charge in [-0.15, -0.1) is 0 Å². The molecule has 2 aliphatic heterocycles. The van der Waals surface area contributed by atoms with Gasteiger partial charge in [0.15, 0.2) is 6.10 Å². The van der Waals surface area contributed by atoms with Crippen molar-refractivity contribution in [2.45, 2.75) is 90.8 Å². The van der Waals surface area contributed by atoms with Crippen LogP contribution < -0.4 is 5.32 Å². The number of esters is 2. The Labute approximate surface area is 226 Å². The van der Waals surface area contributed by atoms with Crippen molar-refractivity contribution in [3.8, 4) is 0 Å². The number of allylic oxidation sites excluding steroid dienone is 5. The van der Waals surface area contributed by atoms with Crippen molar-refractivity contribution in [3.63, 3.8) is 0 Å². The van der Waals surface area contributed by atoms with Crippen LogP contribution in [0.25, 0.3) is 0 Å². The first-order valence-electron chi connectivity index (χ1n) is 13.9. The van der Waals surface area contributed by atoms with Crippen molar-refractivity contribution < 1.29 is 28.6 Å². The molecular weight excluding hydrogens is 482 g/mol. The number of fused-ring (bicyclic) bond motifs is 4. The molecule has 4 aliphatic rings. The third-order valence-electron chi connectivity index (χ3n) is 7.98. The maximum absolute atomic E-state index is 13.5. The van der Waals surface area contributed by atoms with E-state index in [-0.39, 0.29) is 47.8 Å². The summed E-state index contributed by atoms with van der Waals surface area (Å²) in [6, 6.07) is 0.0604. The van der Waals surface area contributed by atoms with Crippen LogP contribution in [-0.2, 0) is 28.6 Å². The maximum atomic E-state index is 13.5. The summed E-state index contributed by atoms with van der Waals surface area (Å²) in [6.45, 7) is 8.93. The fourth-order valence-electron chi connectivity index (χ4n) is 6.21. The van der Waals surface area contributed by atoms with Crippen LogP contribution in [0.5, 0.6) is 0 Å². The average molecular weight is 524 g/mol. The monoisotopic (exact) mass is 523 g/mol. The zero-order valence-electron chi connectivity index (χ0n) is 23.1. The Hall–Kier alpha value is -2.93. The Morgan fingerprint density at radius 3 is 2.53 bits per heavy atom. The second-order valence-corrected chi connectivity index (χ2v) is 11.0. The Morgan fingerprint density at radius 1 is 1.05 bits per heavy atom. The van der Waals surface area contributed by atoms with Gasteiger partial charge in [-0.3, -0.25) is 14.4 Å². The van der Waals surface area contributed by atoms with E-state index in [0.29, 0.717) is 0 Å². The second kappa shape index (κ2) is 12.3. The number of carbonyl (C=O) groups is 3. The third kappa shape index (κ3) is 6.55. The SMILES string of the molecule is CCCC=CCC1CC2OC2C2C(C)=CC3C=CC(OC(C)=O)C(OC(C)=O)C3C(C)=CC=CC2C(=O)N1. The van der Waals surface area contributed by atoms with Crippen LogP contribution in [0.3, 0.4) is 0 Å². The minimum absolute atomic E-state index is 0.0114. The summed E-state index contributed by atoms with van der Waals surface area (Å²) in [5.74, 6) is -1.59. The van der Waals surface area contributed by atoms with E-state index in [1.165, 1.54) is 13.8 Å². The van der Waals surface area contributed by atoms with Gasteiger partial charge in [-0.1, -0.05) is 67.0 Å². The average Bonchev–Trinajstić information content (AvgIpc) is 3.58. The molecule has 0 aromatic carbocycles. The van der Waals surface area contributed by atoms with E-state index in [0.717, 1.165) is 36.8 Å². The molecule has 0 bridgehead atoms. The van der Waals surface area contributed by atoms with E-state index in [2.05, 4.69) is 37.4 Å². The number of hydrogen-bond donors (Lipinski definition) is 1. The molecule has 1 N–H and O–H groups in total. The molecule has 2 heterocycles. The van der Waals surface area contributed by atoms with E-state index in [9.17, 15) is 14.4 Å². The largest absolute Gasteiger partial charge is 0.458 e. The third-order valence-corrected chi connectivity index (χ3v) is 7.98. The van der Waals surface area contributed by atoms with Gasteiger partial charge in [-0.25, -0.2) is 0 Å². The molecule has 4 rings (SSSR count).